The fourth-order valence-electron chi connectivity index (χ4n) is 3.40. The molecule has 3 aromatic rings. The van der Waals surface area contributed by atoms with E-state index < -0.39 is 0 Å². The van der Waals surface area contributed by atoms with Gasteiger partial charge in [0.05, 0.1) is 6.20 Å². The SMILES string of the molecule is Cc1cccc(Nc2ncnc3cnc(N4CCCC4(C)C)nc23)c1. The van der Waals surface area contributed by atoms with Crippen molar-refractivity contribution >= 4 is 28.5 Å². The van der Waals surface area contributed by atoms with Crippen molar-refractivity contribution < 1.29 is 0 Å². The third-order valence-corrected chi connectivity index (χ3v) is 4.79. The van der Waals surface area contributed by atoms with Crippen LogP contribution in [-0.2, 0) is 0 Å². The van der Waals surface area contributed by atoms with E-state index in [0.717, 1.165) is 42.1 Å². The van der Waals surface area contributed by atoms with Crippen LogP contribution in [0.4, 0.5) is 17.5 Å². The zero-order chi connectivity index (χ0) is 17.4. The Morgan fingerprint density at radius 1 is 1.16 bits per heavy atom. The zero-order valence-corrected chi connectivity index (χ0v) is 14.8. The van der Waals surface area contributed by atoms with E-state index in [4.69, 9.17) is 4.98 Å². The van der Waals surface area contributed by atoms with Gasteiger partial charge in [-0.15, -0.1) is 0 Å². The van der Waals surface area contributed by atoms with Crippen molar-refractivity contribution in [2.24, 2.45) is 0 Å². The molecule has 2 aromatic heterocycles. The van der Waals surface area contributed by atoms with E-state index in [0.29, 0.717) is 5.82 Å². The molecule has 1 aromatic carbocycles. The average molecular weight is 334 g/mol. The quantitative estimate of drug-likeness (QED) is 0.785. The smallest absolute Gasteiger partial charge is 0.226 e. The van der Waals surface area contributed by atoms with Gasteiger partial charge in [0.2, 0.25) is 5.95 Å². The average Bonchev–Trinajstić information content (AvgIpc) is 2.94. The molecular formula is C19H22N6. The number of rotatable bonds is 3. The predicted octanol–water partition coefficient (Wildman–Crippen LogP) is 3.85. The summed E-state index contributed by atoms with van der Waals surface area (Å²) in [4.78, 5) is 20.3. The molecule has 0 aliphatic carbocycles. The van der Waals surface area contributed by atoms with Gasteiger partial charge in [0, 0.05) is 17.8 Å². The summed E-state index contributed by atoms with van der Waals surface area (Å²) in [7, 11) is 0. The first-order valence-corrected chi connectivity index (χ1v) is 8.62. The molecule has 3 heterocycles. The first-order valence-electron chi connectivity index (χ1n) is 8.62. The molecule has 6 heteroatoms. The maximum atomic E-state index is 4.80. The Hall–Kier alpha value is -2.76. The minimum atomic E-state index is 0.0768. The molecule has 0 amide bonds. The van der Waals surface area contributed by atoms with E-state index in [9.17, 15) is 0 Å². The van der Waals surface area contributed by atoms with E-state index in [2.05, 4.69) is 58.1 Å². The maximum absolute atomic E-state index is 4.80. The van der Waals surface area contributed by atoms with E-state index in [1.54, 1.807) is 12.5 Å². The summed E-state index contributed by atoms with van der Waals surface area (Å²) in [5, 5.41) is 3.37. The molecule has 0 bridgehead atoms. The van der Waals surface area contributed by atoms with Gasteiger partial charge in [-0.2, -0.15) is 0 Å². The predicted molar refractivity (Wildman–Crippen MR) is 100 cm³/mol. The topological polar surface area (TPSA) is 66.8 Å². The number of nitrogens with one attached hydrogen (secondary N) is 1. The molecule has 1 aliphatic heterocycles. The van der Waals surface area contributed by atoms with Crippen LogP contribution in [0.2, 0.25) is 0 Å². The number of hydrogen-bond donors (Lipinski definition) is 1. The molecule has 1 fully saturated rings. The van der Waals surface area contributed by atoms with Crippen molar-refractivity contribution in [2.75, 3.05) is 16.8 Å². The van der Waals surface area contributed by atoms with Crippen LogP contribution in [0.1, 0.15) is 32.3 Å². The lowest BCUT2D eigenvalue weighted by Gasteiger charge is -2.31. The highest BCUT2D eigenvalue weighted by molar-refractivity contribution is 5.87. The lowest BCUT2D eigenvalue weighted by atomic mass is 10.0. The number of hydrogen-bond acceptors (Lipinski definition) is 6. The van der Waals surface area contributed by atoms with E-state index in [1.165, 1.54) is 5.56 Å². The fraction of sp³-hybridized carbons (Fsp3) is 0.368. The van der Waals surface area contributed by atoms with E-state index in [-0.39, 0.29) is 5.54 Å². The van der Waals surface area contributed by atoms with Crippen molar-refractivity contribution in [3.05, 3.63) is 42.4 Å². The minimum absolute atomic E-state index is 0.0768. The highest BCUT2D eigenvalue weighted by Gasteiger charge is 2.33. The summed E-state index contributed by atoms with van der Waals surface area (Å²) in [6.45, 7) is 7.52. The summed E-state index contributed by atoms with van der Waals surface area (Å²) < 4.78 is 0. The van der Waals surface area contributed by atoms with Gasteiger partial charge < -0.3 is 10.2 Å². The van der Waals surface area contributed by atoms with Crippen molar-refractivity contribution in [3.63, 3.8) is 0 Å². The number of anilines is 3. The molecule has 4 rings (SSSR count). The molecule has 1 saturated heterocycles. The van der Waals surface area contributed by atoms with Crippen LogP contribution in [-0.4, -0.2) is 32.0 Å². The normalized spacial score (nSPS) is 16.4. The standard InChI is InChI=1S/C19H22N6/c1-13-6-4-7-14(10-13)23-17-16-15(21-12-22-17)11-20-18(24-16)25-9-5-8-19(25,2)3/h4,6-7,10-12H,5,8-9H2,1-3H3,(H,21,22,23). The molecule has 0 atom stereocenters. The van der Waals surface area contributed by atoms with Crippen LogP contribution in [0.3, 0.4) is 0 Å². The zero-order valence-electron chi connectivity index (χ0n) is 14.8. The monoisotopic (exact) mass is 334 g/mol. The van der Waals surface area contributed by atoms with Crippen LogP contribution < -0.4 is 10.2 Å². The molecular weight excluding hydrogens is 312 g/mol. The second-order valence-electron chi connectivity index (χ2n) is 7.19. The Morgan fingerprint density at radius 2 is 2.04 bits per heavy atom. The molecule has 6 nitrogen and oxygen atoms in total. The van der Waals surface area contributed by atoms with Gasteiger partial charge in [-0.25, -0.2) is 19.9 Å². The van der Waals surface area contributed by atoms with Gasteiger partial charge in [-0.05, 0) is 51.3 Å². The van der Waals surface area contributed by atoms with Crippen LogP contribution in [0.25, 0.3) is 11.0 Å². The Morgan fingerprint density at radius 3 is 2.80 bits per heavy atom. The second-order valence-corrected chi connectivity index (χ2v) is 7.19. The van der Waals surface area contributed by atoms with E-state index in [1.807, 2.05) is 12.1 Å². The second kappa shape index (κ2) is 5.95. The molecule has 128 valence electrons. The van der Waals surface area contributed by atoms with Crippen LogP contribution >= 0.6 is 0 Å². The molecule has 0 radical (unpaired) electrons. The number of fused-ring (bicyclic) bond motifs is 1. The van der Waals surface area contributed by atoms with Crippen LogP contribution in [0.5, 0.6) is 0 Å². The largest absolute Gasteiger partial charge is 0.338 e. The van der Waals surface area contributed by atoms with Gasteiger partial charge in [0.25, 0.3) is 0 Å². The number of aromatic nitrogens is 4. The Balaban J connectivity index is 1.76. The van der Waals surface area contributed by atoms with E-state index >= 15 is 0 Å². The van der Waals surface area contributed by atoms with Gasteiger partial charge in [0.1, 0.15) is 17.4 Å². The van der Waals surface area contributed by atoms with Gasteiger partial charge in [-0.1, -0.05) is 12.1 Å². The molecule has 1 aliphatic rings. The van der Waals surface area contributed by atoms with Gasteiger partial charge in [0.15, 0.2) is 5.82 Å². The Bertz CT molecular complexity index is 921. The van der Waals surface area contributed by atoms with Crippen molar-refractivity contribution in [2.45, 2.75) is 39.2 Å². The number of benzene rings is 1. The highest BCUT2D eigenvalue weighted by Crippen LogP contribution is 2.32. The lowest BCUT2D eigenvalue weighted by molar-refractivity contribution is 0.510. The summed E-state index contributed by atoms with van der Waals surface area (Å²) in [5.74, 6) is 1.45. The third kappa shape index (κ3) is 2.99. The number of aryl methyl sites for hydroxylation is 1. The van der Waals surface area contributed by atoms with Crippen molar-refractivity contribution in [3.8, 4) is 0 Å². The van der Waals surface area contributed by atoms with Crippen molar-refractivity contribution in [1.82, 2.24) is 19.9 Å². The maximum Gasteiger partial charge on any atom is 0.226 e. The summed E-state index contributed by atoms with van der Waals surface area (Å²) in [6, 6.07) is 8.19. The molecule has 25 heavy (non-hydrogen) atoms. The first-order chi connectivity index (χ1) is 12.0. The lowest BCUT2D eigenvalue weighted by Crippen LogP contribution is -2.39. The van der Waals surface area contributed by atoms with Gasteiger partial charge >= 0.3 is 0 Å². The Kier molecular flexibility index (Phi) is 3.75. The highest BCUT2D eigenvalue weighted by atomic mass is 15.3. The molecule has 1 N–H and O–H groups in total. The Labute approximate surface area is 147 Å². The molecule has 0 unspecified atom stereocenters. The third-order valence-electron chi connectivity index (χ3n) is 4.79. The summed E-state index contributed by atoms with van der Waals surface area (Å²) in [6.07, 6.45) is 5.64. The summed E-state index contributed by atoms with van der Waals surface area (Å²) >= 11 is 0. The fourth-order valence-corrected chi connectivity index (χ4v) is 3.40. The van der Waals surface area contributed by atoms with Crippen molar-refractivity contribution in [1.29, 1.82) is 0 Å². The van der Waals surface area contributed by atoms with Crippen LogP contribution in [0, 0.1) is 6.92 Å². The number of nitrogens with zero attached hydrogens (tertiary/aromatic N) is 5. The van der Waals surface area contributed by atoms with Crippen LogP contribution in [0.15, 0.2) is 36.8 Å². The first kappa shape index (κ1) is 15.7. The molecule has 0 spiro atoms. The molecule has 0 saturated carbocycles. The van der Waals surface area contributed by atoms with Gasteiger partial charge in [-0.3, -0.25) is 0 Å². The summed E-state index contributed by atoms with van der Waals surface area (Å²) in [5.41, 5.74) is 3.75. The minimum Gasteiger partial charge on any atom is -0.338 e.